The number of halogens is 2. The van der Waals surface area contributed by atoms with Gasteiger partial charge in [0.05, 0.1) is 12.5 Å². The van der Waals surface area contributed by atoms with Crippen LogP contribution in [0.25, 0.3) is 0 Å². The standard InChI is InChI=1S/C19H20Cl2N2O5S/c1-27-16-5-3-13(11-17(16)29(22,25)26)23-18(24)19(6-8-28-9-7-19)14-4-2-12(20)10-15(14)21/h2-5,10-11H,6-9H2,1H3,(H,23,24)(H2,22,25,26). The molecule has 1 saturated heterocycles. The summed E-state index contributed by atoms with van der Waals surface area (Å²) in [4.78, 5) is 13.2. The van der Waals surface area contributed by atoms with Crippen molar-refractivity contribution < 1.29 is 22.7 Å². The Balaban J connectivity index is 2.00. The lowest BCUT2D eigenvalue weighted by Crippen LogP contribution is -2.45. The number of rotatable bonds is 5. The predicted molar refractivity (Wildman–Crippen MR) is 111 cm³/mol. The largest absolute Gasteiger partial charge is 0.495 e. The summed E-state index contributed by atoms with van der Waals surface area (Å²) in [6.07, 6.45) is 0.830. The van der Waals surface area contributed by atoms with Crippen LogP contribution < -0.4 is 15.2 Å². The number of primary sulfonamides is 1. The maximum Gasteiger partial charge on any atom is 0.241 e. The van der Waals surface area contributed by atoms with Crippen LogP contribution in [-0.4, -0.2) is 34.6 Å². The van der Waals surface area contributed by atoms with E-state index in [9.17, 15) is 13.2 Å². The van der Waals surface area contributed by atoms with Gasteiger partial charge in [0.2, 0.25) is 15.9 Å². The van der Waals surface area contributed by atoms with E-state index in [4.69, 9.17) is 37.8 Å². The fraction of sp³-hybridized carbons (Fsp3) is 0.316. The Morgan fingerprint density at radius 1 is 1.17 bits per heavy atom. The SMILES string of the molecule is COc1ccc(NC(=O)C2(c3ccc(Cl)cc3Cl)CCOCC2)cc1S(N)(=O)=O. The number of benzene rings is 2. The summed E-state index contributed by atoms with van der Waals surface area (Å²) >= 11 is 12.4. The number of nitrogens with two attached hydrogens (primary N) is 1. The second kappa shape index (κ2) is 8.49. The lowest BCUT2D eigenvalue weighted by Gasteiger charge is -2.36. The fourth-order valence-electron chi connectivity index (χ4n) is 3.44. The first-order chi connectivity index (χ1) is 13.7. The maximum absolute atomic E-state index is 13.4. The number of carbonyl (C=O) groups is 1. The highest BCUT2D eigenvalue weighted by atomic mass is 35.5. The Morgan fingerprint density at radius 3 is 2.45 bits per heavy atom. The number of carbonyl (C=O) groups excluding carboxylic acids is 1. The van der Waals surface area contributed by atoms with Crippen LogP contribution >= 0.6 is 23.2 Å². The van der Waals surface area contributed by atoms with E-state index in [-0.39, 0.29) is 22.2 Å². The molecule has 0 aromatic heterocycles. The van der Waals surface area contributed by atoms with Gasteiger partial charge in [0.25, 0.3) is 0 Å². The molecule has 0 saturated carbocycles. The summed E-state index contributed by atoms with van der Waals surface area (Å²) in [7, 11) is -2.70. The molecule has 29 heavy (non-hydrogen) atoms. The third-order valence-electron chi connectivity index (χ3n) is 4.96. The highest BCUT2D eigenvalue weighted by molar-refractivity contribution is 7.89. The third kappa shape index (κ3) is 4.51. The van der Waals surface area contributed by atoms with E-state index in [1.807, 2.05) is 0 Å². The molecule has 7 nitrogen and oxygen atoms in total. The summed E-state index contributed by atoms with van der Waals surface area (Å²) < 4.78 is 34.2. The molecule has 2 aromatic carbocycles. The van der Waals surface area contributed by atoms with Crippen molar-refractivity contribution in [2.45, 2.75) is 23.2 Å². The van der Waals surface area contributed by atoms with Crippen LogP contribution in [0.4, 0.5) is 5.69 Å². The van der Waals surface area contributed by atoms with Gasteiger partial charge < -0.3 is 14.8 Å². The molecule has 1 aliphatic rings. The molecule has 1 fully saturated rings. The molecule has 0 spiro atoms. The number of anilines is 1. The van der Waals surface area contributed by atoms with E-state index in [0.717, 1.165) is 0 Å². The predicted octanol–water partition coefficient (Wildman–Crippen LogP) is 3.34. The van der Waals surface area contributed by atoms with Crippen molar-refractivity contribution in [3.63, 3.8) is 0 Å². The number of amides is 1. The van der Waals surface area contributed by atoms with Crippen LogP contribution in [0.2, 0.25) is 10.0 Å². The minimum absolute atomic E-state index is 0.0898. The monoisotopic (exact) mass is 458 g/mol. The topological polar surface area (TPSA) is 108 Å². The highest BCUT2D eigenvalue weighted by Gasteiger charge is 2.43. The molecular weight excluding hydrogens is 439 g/mol. The Morgan fingerprint density at radius 2 is 1.86 bits per heavy atom. The van der Waals surface area contributed by atoms with Crippen LogP contribution in [0, 0.1) is 0 Å². The Kier molecular flexibility index (Phi) is 6.40. The van der Waals surface area contributed by atoms with Crippen molar-refractivity contribution >= 4 is 44.8 Å². The quantitative estimate of drug-likeness (QED) is 0.713. The number of hydrogen-bond donors (Lipinski definition) is 2. The van der Waals surface area contributed by atoms with Gasteiger partial charge in [0.1, 0.15) is 10.6 Å². The lowest BCUT2D eigenvalue weighted by atomic mass is 9.73. The zero-order chi connectivity index (χ0) is 21.2. The van der Waals surface area contributed by atoms with Crippen LogP contribution in [0.1, 0.15) is 18.4 Å². The van der Waals surface area contributed by atoms with Crippen molar-refractivity contribution in [1.29, 1.82) is 0 Å². The normalized spacial score (nSPS) is 16.3. The third-order valence-corrected chi connectivity index (χ3v) is 6.44. The molecule has 1 heterocycles. The fourth-order valence-corrected chi connectivity index (χ4v) is 4.76. The minimum atomic E-state index is -4.04. The number of nitrogens with one attached hydrogen (secondary N) is 1. The lowest BCUT2D eigenvalue weighted by molar-refractivity contribution is -0.125. The number of sulfonamides is 1. The molecule has 1 amide bonds. The number of methoxy groups -OCH3 is 1. The van der Waals surface area contributed by atoms with Crippen molar-refractivity contribution in [3.05, 3.63) is 52.0 Å². The second-order valence-electron chi connectivity index (χ2n) is 6.68. The summed E-state index contributed by atoms with van der Waals surface area (Å²) in [5, 5.41) is 8.91. The van der Waals surface area contributed by atoms with Crippen molar-refractivity contribution in [2.75, 3.05) is 25.6 Å². The van der Waals surface area contributed by atoms with Gasteiger partial charge in [-0.05, 0) is 48.7 Å². The molecule has 0 radical (unpaired) electrons. The van der Waals surface area contributed by atoms with Gasteiger partial charge in [0, 0.05) is 28.9 Å². The molecule has 0 atom stereocenters. The van der Waals surface area contributed by atoms with Crippen LogP contribution in [0.15, 0.2) is 41.3 Å². The van der Waals surface area contributed by atoms with Crippen LogP contribution in [0.5, 0.6) is 5.75 Å². The second-order valence-corrected chi connectivity index (χ2v) is 9.06. The smallest absolute Gasteiger partial charge is 0.241 e. The molecule has 0 unspecified atom stereocenters. The zero-order valence-corrected chi connectivity index (χ0v) is 17.9. The molecule has 3 rings (SSSR count). The van der Waals surface area contributed by atoms with Gasteiger partial charge in [-0.1, -0.05) is 29.3 Å². The Labute approximate surface area is 179 Å². The molecule has 156 valence electrons. The first-order valence-corrected chi connectivity index (χ1v) is 11.0. The van der Waals surface area contributed by atoms with Gasteiger partial charge >= 0.3 is 0 Å². The van der Waals surface area contributed by atoms with Gasteiger partial charge in [-0.15, -0.1) is 0 Å². The van der Waals surface area contributed by atoms with Gasteiger partial charge in [-0.2, -0.15) is 0 Å². The Hall–Kier alpha value is -1.84. The summed E-state index contributed by atoms with van der Waals surface area (Å²) in [6, 6.07) is 9.25. The number of hydrogen-bond acceptors (Lipinski definition) is 5. The average Bonchev–Trinajstić information content (AvgIpc) is 2.67. The minimum Gasteiger partial charge on any atom is -0.495 e. The first kappa shape index (κ1) is 21.9. The molecule has 10 heteroatoms. The summed E-state index contributed by atoms with van der Waals surface area (Å²) in [6.45, 7) is 0.773. The first-order valence-electron chi connectivity index (χ1n) is 8.73. The van der Waals surface area contributed by atoms with Crippen LogP contribution in [0.3, 0.4) is 0 Å². The van der Waals surface area contributed by atoms with E-state index < -0.39 is 15.4 Å². The maximum atomic E-state index is 13.4. The molecule has 2 aromatic rings. The van der Waals surface area contributed by atoms with Crippen LogP contribution in [-0.2, 0) is 25.0 Å². The van der Waals surface area contributed by atoms with E-state index in [0.29, 0.717) is 41.7 Å². The van der Waals surface area contributed by atoms with Crippen molar-refractivity contribution in [2.24, 2.45) is 5.14 Å². The summed E-state index contributed by atoms with van der Waals surface area (Å²) in [5.41, 5.74) is -0.0259. The van der Waals surface area contributed by atoms with E-state index in [2.05, 4.69) is 5.32 Å². The molecule has 0 aliphatic carbocycles. The van der Waals surface area contributed by atoms with Gasteiger partial charge in [-0.25, -0.2) is 13.6 Å². The van der Waals surface area contributed by atoms with Gasteiger partial charge in [0.15, 0.2) is 0 Å². The molecule has 3 N–H and O–H groups in total. The van der Waals surface area contributed by atoms with E-state index in [1.165, 1.54) is 19.2 Å². The summed E-state index contributed by atoms with van der Waals surface area (Å²) in [5.74, 6) is -0.234. The van der Waals surface area contributed by atoms with E-state index >= 15 is 0 Å². The molecular formula is C19H20Cl2N2O5S. The van der Waals surface area contributed by atoms with Gasteiger partial charge in [-0.3, -0.25) is 4.79 Å². The molecule has 1 aliphatic heterocycles. The Bertz CT molecular complexity index is 1040. The molecule has 0 bridgehead atoms. The zero-order valence-electron chi connectivity index (χ0n) is 15.6. The van der Waals surface area contributed by atoms with E-state index in [1.54, 1.807) is 24.3 Å². The highest BCUT2D eigenvalue weighted by Crippen LogP contribution is 2.41. The number of ether oxygens (including phenoxy) is 2. The average molecular weight is 459 g/mol. The van der Waals surface area contributed by atoms with Crippen molar-refractivity contribution in [3.8, 4) is 5.75 Å². The van der Waals surface area contributed by atoms with Crippen molar-refractivity contribution in [1.82, 2.24) is 0 Å².